The van der Waals surface area contributed by atoms with Gasteiger partial charge in [-0.3, -0.25) is 0 Å². The number of hydrogen-bond donors (Lipinski definition) is 0. The molecule has 1 rings (SSSR count). The van der Waals surface area contributed by atoms with Crippen molar-refractivity contribution in [1.29, 1.82) is 0 Å². The van der Waals surface area contributed by atoms with E-state index in [0.717, 1.165) is 16.7 Å². The average Bonchev–Trinajstić information content (AvgIpc) is 2.51. The van der Waals surface area contributed by atoms with Crippen molar-refractivity contribution in [3.8, 4) is 0 Å². The van der Waals surface area contributed by atoms with Crippen LogP contribution in [0.1, 0.15) is 33.3 Å². The molecule has 0 fully saturated rings. The maximum atomic E-state index is 13.5. The molecular weight excluding hydrogens is 198 g/mol. The maximum Gasteiger partial charge on any atom is 0.345 e. The molecule has 0 unspecified atom stereocenters. The number of halogens is 2. The molecule has 1 aromatic rings. The van der Waals surface area contributed by atoms with E-state index in [4.69, 9.17) is 0 Å². The Morgan fingerprint density at radius 2 is 1.93 bits per heavy atom. The summed E-state index contributed by atoms with van der Waals surface area (Å²) >= 11 is 0. The summed E-state index contributed by atoms with van der Waals surface area (Å²) in [6.07, 6.45) is 3.75. The second-order valence-corrected chi connectivity index (χ2v) is 4.63. The van der Waals surface area contributed by atoms with E-state index in [9.17, 15) is 8.78 Å². The van der Waals surface area contributed by atoms with Crippen molar-refractivity contribution in [2.75, 3.05) is 0 Å². The average molecular weight is 216 g/mol. The lowest BCUT2D eigenvalue weighted by Crippen LogP contribution is -2.29. The van der Waals surface area contributed by atoms with E-state index >= 15 is 0 Å². The van der Waals surface area contributed by atoms with Crippen LogP contribution in [0.4, 0.5) is 8.78 Å². The van der Waals surface area contributed by atoms with Gasteiger partial charge in [-0.1, -0.05) is 27.7 Å². The summed E-state index contributed by atoms with van der Waals surface area (Å²) in [7, 11) is 0. The molecular formula is C11H18F2N2. The van der Waals surface area contributed by atoms with E-state index in [1.54, 1.807) is 0 Å². The lowest BCUT2D eigenvalue weighted by atomic mass is 10.1. The topological polar surface area (TPSA) is 17.8 Å². The number of hydrogen-bond acceptors (Lipinski definition) is 1. The van der Waals surface area contributed by atoms with Crippen LogP contribution in [-0.4, -0.2) is 9.78 Å². The number of aromatic nitrogens is 2. The maximum absolute atomic E-state index is 13.5. The van der Waals surface area contributed by atoms with Crippen LogP contribution in [0.15, 0.2) is 12.4 Å². The predicted molar refractivity (Wildman–Crippen MR) is 55.8 cm³/mol. The van der Waals surface area contributed by atoms with E-state index in [-0.39, 0.29) is 0 Å². The van der Waals surface area contributed by atoms with Gasteiger partial charge in [-0.25, -0.2) is 4.68 Å². The lowest BCUT2D eigenvalue weighted by molar-refractivity contribution is -0.133. The summed E-state index contributed by atoms with van der Waals surface area (Å²) in [5.74, 6) is -0.292. The molecule has 0 amide bonds. The van der Waals surface area contributed by atoms with Gasteiger partial charge in [0.25, 0.3) is 0 Å². The molecule has 0 atom stereocenters. The molecule has 0 spiro atoms. The van der Waals surface area contributed by atoms with E-state index in [1.807, 2.05) is 0 Å². The molecule has 0 radical (unpaired) electrons. The minimum absolute atomic E-state index is 0.454. The summed E-state index contributed by atoms with van der Waals surface area (Å²) in [4.78, 5) is 0. The summed E-state index contributed by atoms with van der Waals surface area (Å²) in [5, 5.41) is 3.73. The highest BCUT2D eigenvalue weighted by molar-refractivity contribution is 5.05. The van der Waals surface area contributed by atoms with Crippen molar-refractivity contribution in [3.63, 3.8) is 0 Å². The Kier molecular flexibility index (Phi) is 3.47. The standard InChI is InChI=1S/C11H18F2N2/c1-8(2)5-10-6-14-15(7-10)11(12,13)9(3)4/h6-9H,5H2,1-4H3. The fourth-order valence-electron chi connectivity index (χ4n) is 1.36. The lowest BCUT2D eigenvalue weighted by Gasteiger charge is -2.20. The summed E-state index contributed by atoms with van der Waals surface area (Å²) in [6, 6.07) is -2.89. The molecule has 86 valence electrons. The molecule has 0 aliphatic rings. The minimum Gasteiger partial charge on any atom is -0.209 e. The highest BCUT2D eigenvalue weighted by atomic mass is 19.3. The highest BCUT2D eigenvalue weighted by Gasteiger charge is 2.36. The third-order valence-electron chi connectivity index (χ3n) is 2.28. The molecule has 15 heavy (non-hydrogen) atoms. The first-order chi connectivity index (χ1) is 6.84. The first-order valence-corrected chi connectivity index (χ1v) is 5.26. The molecule has 1 aromatic heterocycles. The van der Waals surface area contributed by atoms with Gasteiger partial charge in [0.1, 0.15) is 0 Å². The van der Waals surface area contributed by atoms with Gasteiger partial charge >= 0.3 is 6.05 Å². The SMILES string of the molecule is CC(C)Cc1cnn(C(F)(F)C(C)C)c1. The fourth-order valence-corrected chi connectivity index (χ4v) is 1.36. The zero-order valence-corrected chi connectivity index (χ0v) is 9.67. The Morgan fingerprint density at radius 1 is 1.33 bits per heavy atom. The fraction of sp³-hybridized carbons (Fsp3) is 0.727. The first-order valence-electron chi connectivity index (χ1n) is 5.26. The zero-order valence-electron chi connectivity index (χ0n) is 9.67. The Labute approximate surface area is 89.3 Å². The molecule has 2 nitrogen and oxygen atoms in total. The third-order valence-corrected chi connectivity index (χ3v) is 2.28. The molecule has 0 aliphatic carbocycles. The molecule has 4 heteroatoms. The minimum atomic E-state index is -2.89. The van der Waals surface area contributed by atoms with Crippen LogP contribution in [0.25, 0.3) is 0 Å². The van der Waals surface area contributed by atoms with Gasteiger partial charge in [0.05, 0.1) is 6.20 Å². The van der Waals surface area contributed by atoms with E-state index < -0.39 is 12.0 Å². The van der Waals surface area contributed by atoms with Gasteiger partial charge in [0.15, 0.2) is 0 Å². The van der Waals surface area contributed by atoms with Gasteiger partial charge in [-0.2, -0.15) is 13.9 Å². The largest absolute Gasteiger partial charge is 0.345 e. The zero-order chi connectivity index (χ0) is 11.6. The van der Waals surface area contributed by atoms with Gasteiger partial charge < -0.3 is 0 Å². The van der Waals surface area contributed by atoms with Crippen LogP contribution in [0.3, 0.4) is 0 Å². The van der Waals surface area contributed by atoms with Crippen LogP contribution >= 0.6 is 0 Å². The number of nitrogens with zero attached hydrogens (tertiary/aromatic N) is 2. The Hall–Kier alpha value is -0.930. The Balaban J connectivity index is 2.84. The van der Waals surface area contributed by atoms with E-state index in [0.29, 0.717) is 5.92 Å². The predicted octanol–water partition coefficient (Wildman–Crippen LogP) is 3.29. The quantitative estimate of drug-likeness (QED) is 0.755. The van der Waals surface area contributed by atoms with Crippen LogP contribution in [0.5, 0.6) is 0 Å². The Bertz CT molecular complexity index is 316. The van der Waals surface area contributed by atoms with Crippen LogP contribution in [0, 0.1) is 11.8 Å². The van der Waals surface area contributed by atoms with Gasteiger partial charge in [0.2, 0.25) is 0 Å². The monoisotopic (exact) mass is 216 g/mol. The third kappa shape index (κ3) is 2.76. The molecule has 0 N–H and O–H groups in total. The van der Waals surface area contributed by atoms with Crippen molar-refractivity contribution in [2.45, 2.75) is 40.2 Å². The van der Waals surface area contributed by atoms with Crippen molar-refractivity contribution >= 4 is 0 Å². The number of alkyl halides is 2. The van der Waals surface area contributed by atoms with Gasteiger partial charge in [-0.15, -0.1) is 0 Å². The molecule has 0 saturated carbocycles. The smallest absolute Gasteiger partial charge is 0.209 e. The van der Waals surface area contributed by atoms with E-state index in [2.05, 4.69) is 18.9 Å². The first kappa shape index (κ1) is 12.1. The van der Waals surface area contributed by atoms with Gasteiger partial charge in [0, 0.05) is 12.1 Å². The molecule has 0 aliphatic heterocycles. The summed E-state index contributed by atoms with van der Waals surface area (Å²) in [5.41, 5.74) is 0.866. The summed E-state index contributed by atoms with van der Waals surface area (Å²) in [6.45, 7) is 7.09. The molecule has 0 aromatic carbocycles. The van der Waals surface area contributed by atoms with Crippen molar-refractivity contribution < 1.29 is 8.78 Å². The second kappa shape index (κ2) is 4.29. The van der Waals surface area contributed by atoms with Crippen molar-refractivity contribution in [2.24, 2.45) is 11.8 Å². The van der Waals surface area contributed by atoms with Crippen LogP contribution in [-0.2, 0) is 12.5 Å². The van der Waals surface area contributed by atoms with Crippen molar-refractivity contribution in [1.82, 2.24) is 9.78 Å². The molecule has 0 bridgehead atoms. The molecule has 0 saturated heterocycles. The number of rotatable bonds is 4. The highest BCUT2D eigenvalue weighted by Crippen LogP contribution is 2.29. The second-order valence-electron chi connectivity index (χ2n) is 4.63. The normalized spacial score (nSPS) is 12.8. The van der Waals surface area contributed by atoms with E-state index in [1.165, 1.54) is 26.2 Å². The molecule has 1 heterocycles. The Morgan fingerprint density at radius 3 is 2.40 bits per heavy atom. The van der Waals surface area contributed by atoms with Gasteiger partial charge in [-0.05, 0) is 17.9 Å². The van der Waals surface area contributed by atoms with Crippen LogP contribution in [0.2, 0.25) is 0 Å². The van der Waals surface area contributed by atoms with Crippen LogP contribution < -0.4 is 0 Å². The summed E-state index contributed by atoms with van der Waals surface area (Å²) < 4.78 is 27.8. The van der Waals surface area contributed by atoms with Crippen molar-refractivity contribution in [3.05, 3.63) is 18.0 Å².